The van der Waals surface area contributed by atoms with Crippen LogP contribution in [0.25, 0.3) is 10.9 Å². The van der Waals surface area contributed by atoms with Gasteiger partial charge in [0.15, 0.2) is 0 Å². The topological polar surface area (TPSA) is 34.1 Å². The van der Waals surface area contributed by atoms with Gasteiger partial charge in [-0.05, 0) is 55.5 Å². The molecule has 0 fully saturated rings. The molecule has 1 aliphatic carbocycles. The molecule has 1 aliphatic rings. The summed E-state index contributed by atoms with van der Waals surface area (Å²) in [5, 5.41) is 5.53. The van der Waals surface area contributed by atoms with Crippen LogP contribution in [0.3, 0.4) is 0 Å². The van der Waals surface area contributed by atoms with Crippen molar-refractivity contribution in [3.63, 3.8) is 0 Å². The van der Waals surface area contributed by atoms with Crippen molar-refractivity contribution in [2.45, 2.75) is 32.2 Å². The van der Waals surface area contributed by atoms with Gasteiger partial charge < -0.3 is 10.1 Å². The molecule has 2 aromatic carbocycles. The van der Waals surface area contributed by atoms with E-state index in [9.17, 15) is 0 Å². The smallest absolute Gasteiger partial charge is 0.123 e. The first-order valence-corrected chi connectivity index (χ1v) is 9.11. The van der Waals surface area contributed by atoms with Crippen LogP contribution in [0.4, 0.5) is 5.69 Å². The fourth-order valence-electron chi connectivity index (χ4n) is 3.63. The lowest BCUT2D eigenvalue weighted by Crippen LogP contribution is -2.11. The molecule has 1 heterocycles. The minimum absolute atomic E-state index is 0.720. The third-order valence-corrected chi connectivity index (χ3v) is 5.11. The van der Waals surface area contributed by atoms with Crippen LogP contribution in [0.15, 0.2) is 42.5 Å². The van der Waals surface area contributed by atoms with Crippen LogP contribution in [0.2, 0.25) is 5.02 Å². The van der Waals surface area contributed by atoms with Gasteiger partial charge in [-0.2, -0.15) is 0 Å². The van der Waals surface area contributed by atoms with Gasteiger partial charge in [-0.1, -0.05) is 29.8 Å². The second-order valence-electron chi connectivity index (χ2n) is 6.45. The van der Waals surface area contributed by atoms with Crippen molar-refractivity contribution in [2.75, 3.05) is 12.4 Å². The van der Waals surface area contributed by atoms with Crippen LogP contribution in [0.5, 0.6) is 5.75 Å². The number of hydrogen-bond acceptors (Lipinski definition) is 3. The van der Waals surface area contributed by atoms with Crippen LogP contribution in [0, 0.1) is 0 Å². The van der Waals surface area contributed by atoms with E-state index < -0.39 is 0 Å². The number of aromatic nitrogens is 1. The largest absolute Gasteiger partial charge is 0.496 e. The summed E-state index contributed by atoms with van der Waals surface area (Å²) in [5.41, 5.74) is 5.88. The van der Waals surface area contributed by atoms with Gasteiger partial charge in [0.2, 0.25) is 0 Å². The first-order valence-electron chi connectivity index (χ1n) is 8.73. The zero-order valence-electron chi connectivity index (χ0n) is 14.3. The lowest BCUT2D eigenvalue weighted by molar-refractivity contribution is 0.410. The number of ether oxygens (including phenoxy) is 1. The van der Waals surface area contributed by atoms with Gasteiger partial charge in [0, 0.05) is 33.9 Å². The maximum Gasteiger partial charge on any atom is 0.123 e. The minimum atomic E-state index is 0.720. The van der Waals surface area contributed by atoms with Crippen molar-refractivity contribution in [1.29, 1.82) is 0 Å². The molecule has 0 unspecified atom stereocenters. The predicted octanol–water partition coefficient (Wildman–Crippen LogP) is 5.39. The average molecular weight is 353 g/mol. The van der Waals surface area contributed by atoms with Gasteiger partial charge in [-0.15, -0.1) is 0 Å². The van der Waals surface area contributed by atoms with E-state index in [1.165, 1.54) is 29.8 Å². The molecule has 4 heteroatoms. The number of para-hydroxylation sites is 1. The van der Waals surface area contributed by atoms with Crippen molar-refractivity contribution in [3.05, 3.63) is 64.3 Å². The highest BCUT2D eigenvalue weighted by Gasteiger charge is 2.18. The quantitative estimate of drug-likeness (QED) is 0.683. The number of nitrogens with one attached hydrogen (secondary N) is 1. The fourth-order valence-corrected chi connectivity index (χ4v) is 3.80. The van der Waals surface area contributed by atoms with Gasteiger partial charge in [-0.25, -0.2) is 0 Å². The molecule has 0 spiro atoms. The molecule has 0 aliphatic heterocycles. The van der Waals surface area contributed by atoms with Gasteiger partial charge in [-0.3, -0.25) is 4.98 Å². The van der Waals surface area contributed by atoms with Crippen molar-refractivity contribution in [2.24, 2.45) is 0 Å². The Balaban J connectivity index is 1.77. The Labute approximate surface area is 153 Å². The van der Waals surface area contributed by atoms with E-state index in [4.69, 9.17) is 21.3 Å². The first kappa shape index (κ1) is 16.2. The maximum atomic E-state index is 6.19. The van der Waals surface area contributed by atoms with Crippen molar-refractivity contribution in [3.8, 4) is 5.75 Å². The Hall–Kier alpha value is -2.26. The molecular formula is C21H21ClN2O. The summed E-state index contributed by atoms with van der Waals surface area (Å²) in [4.78, 5) is 4.88. The molecule has 25 heavy (non-hydrogen) atoms. The van der Waals surface area contributed by atoms with Crippen LogP contribution in [-0.4, -0.2) is 12.1 Å². The normalized spacial score (nSPS) is 13.5. The molecule has 1 aromatic heterocycles. The molecule has 3 aromatic rings. The zero-order valence-corrected chi connectivity index (χ0v) is 15.1. The third-order valence-electron chi connectivity index (χ3n) is 4.87. The van der Waals surface area contributed by atoms with Gasteiger partial charge >= 0.3 is 0 Å². The third kappa shape index (κ3) is 3.16. The number of nitrogens with zero attached hydrogens (tertiary/aromatic N) is 1. The Kier molecular flexibility index (Phi) is 4.50. The van der Waals surface area contributed by atoms with Crippen molar-refractivity contribution >= 4 is 28.2 Å². The van der Waals surface area contributed by atoms with E-state index in [-0.39, 0.29) is 0 Å². The van der Waals surface area contributed by atoms with Crippen LogP contribution in [-0.2, 0) is 19.4 Å². The molecule has 0 saturated heterocycles. The van der Waals surface area contributed by atoms with E-state index in [0.29, 0.717) is 0 Å². The molecule has 128 valence electrons. The summed E-state index contributed by atoms with van der Waals surface area (Å²) in [6.45, 7) is 0.720. The summed E-state index contributed by atoms with van der Waals surface area (Å²) in [5.74, 6) is 0.908. The first-order chi connectivity index (χ1) is 12.3. The molecule has 4 rings (SSSR count). The SMILES string of the molecule is COc1ccccc1CNc1c2c(nc3cc(Cl)ccc13)CCCC2. The molecule has 0 radical (unpaired) electrons. The highest BCUT2D eigenvalue weighted by Crippen LogP contribution is 2.35. The number of halogens is 1. The summed E-state index contributed by atoms with van der Waals surface area (Å²) in [7, 11) is 1.71. The number of fused-ring (bicyclic) bond motifs is 2. The van der Waals surface area contributed by atoms with Gasteiger partial charge in [0.25, 0.3) is 0 Å². The lowest BCUT2D eigenvalue weighted by atomic mass is 9.92. The molecule has 0 atom stereocenters. The van der Waals surface area contributed by atoms with E-state index in [0.717, 1.165) is 46.6 Å². The highest BCUT2D eigenvalue weighted by atomic mass is 35.5. The van der Waals surface area contributed by atoms with Crippen LogP contribution < -0.4 is 10.1 Å². The summed E-state index contributed by atoms with van der Waals surface area (Å²) in [6, 6.07) is 14.1. The predicted molar refractivity (Wildman–Crippen MR) is 104 cm³/mol. The second-order valence-corrected chi connectivity index (χ2v) is 6.88. The Morgan fingerprint density at radius 2 is 1.96 bits per heavy atom. The number of hydrogen-bond donors (Lipinski definition) is 1. The minimum Gasteiger partial charge on any atom is -0.496 e. The van der Waals surface area contributed by atoms with Crippen molar-refractivity contribution < 1.29 is 4.74 Å². The van der Waals surface area contributed by atoms with Gasteiger partial charge in [0.1, 0.15) is 5.75 Å². The van der Waals surface area contributed by atoms with Crippen molar-refractivity contribution in [1.82, 2.24) is 4.98 Å². The highest BCUT2D eigenvalue weighted by molar-refractivity contribution is 6.31. The zero-order chi connectivity index (χ0) is 17.2. The number of methoxy groups -OCH3 is 1. The number of anilines is 1. The number of pyridine rings is 1. The summed E-state index contributed by atoms with van der Waals surface area (Å²) >= 11 is 6.19. The second kappa shape index (κ2) is 6.93. The van der Waals surface area contributed by atoms with E-state index in [2.05, 4.69) is 17.4 Å². The number of aryl methyl sites for hydroxylation is 1. The lowest BCUT2D eigenvalue weighted by Gasteiger charge is -2.22. The Morgan fingerprint density at radius 1 is 1.12 bits per heavy atom. The maximum absolute atomic E-state index is 6.19. The summed E-state index contributed by atoms with van der Waals surface area (Å²) in [6.07, 6.45) is 4.55. The van der Waals surface area contributed by atoms with E-state index in [1.54, 1.807) is 7.11 Å². The average Bonchev–Trinajstić information content (AvgIpc) is 2.65. The van der Waals surface area contributed by atoms with Crippen LogP contribution >= 0.6 is 11.6 Å². The standard InChI is InChI=1S/C21H21ClN2O/c1-25-20-9-5-2-6-14(20)13-23-21-16-7-3-4-8-18(16)24-19-12-15(22)10-11-17(19)21/h2,5-6,9-12H,3-4,7-8,13H2,1H3,(H,23,24). The molecule has 0 bridgehead atoms. The van der Waals surface area contributed by atoms with Crippen LogP contribution in [0.1, 0.15) is 29.7 Å². The molecule has 0 saturated carbocycles. The van der Waals surface area contributed by atoms with Gasteiger partial charge in [0.05, 0.1) is 12.6 Å². The number of benzene rings is 2. The van der Waals surface area contributed by atoms with E-state index >= 15 is 0 Å². The molecule has 3 nitrogen and oxygen atoms in total. The Bertz CT molecular complexity index is 923. The monoisotopic (exact) mass is 352 g/mol. The Morgan fingerprint density at radius 3 is 2.84 bits per heavy atom. The molecule has 0 amide bonds. The fraction of sp³-hybridized carbons (Fsp3) is 0.286. The van der Waals surface area contributed by atoms with E-state index in [1.807, 2.05) is 30.3 Å². The number of rotatable bonds is 4. The summed E-state index contributed by atoms with van der Waals surface area (Å²) < 4.78 is 5.48. The molecular weight excluding hydrogens is 332 g/mol. The molecule has 1 N–H and O–H groups in total.